The van der Waals surface area contributed by atoms with Crippen molar-refractivity contribution < 1.29 is 19.4 Å². The fourth-order valence-electron chi connectivity index (χ4n) is 2.77. The quantitative estimate of drug-likeness (QED) is 0.801. The molecule has 1 aliphatic heterocycles. The average molecular weight is 344 g/mol. The van der Waals surface area contributed by atoms with Gasteiger partial charge < -0.3 is 20.3 Å². The standard InChI is InChI=1S/C17H20N4O4/c18-17-16(19-5-6-20-17)14-10-21(7-8-24-14)9-12-3-1-2-4-13(12)25-11-15(22)23/h1-6,14H,7-11H2,(H2,18,20)(H,22,23)/t14-/m0/s1. The van der Waals surface area contributed by atoms with E-state index >= 15 is 0 Å². The molecule has 2 heterocycles. The minimum absolute atomic E-state index is 0.241. The maximum atomic E-state index is 10.7. The monoisotopic (exact) mass is 344 g/mol. The largest absolute Gasteiger partial charge is 0.482 e. The number of morpholine rings is 1. The lowest BCUT2D eigenvalue weighted by Gasteiger charge is -2.33. The summed E-state index contributed by atoms with van der Waals surface area (Å²) in [5.74, 6) is -0.0501. The Labute approximate surface area is 145 Å². The van der Waals surface area contributed by atoms with Crippen molar-refractivity contribution in [1.82, 2.24) is 14.9 Å². The van der Waals surface area contributed by atoms with Crippen LogP contribution in [0.4, 0.5) is 5.82 Å². The number of hydrogen-bond donors (Lipinski definition) is 2. The molecule has 3 rings (SSSR count). The van der Waals surface area contributed by atoms with Gasteiger partial charge in [0, 0.05) is 37.6 Å². The second-order valence-electron chi connectivity index (χ2n) is 5.71. The topological polar surface area (TPSA) is 111 Å². The van der Waals surface area contributed by atoms with Crippen molar-refractivity contribution in [2.45, 2.75) is 12.6 Å². The first-order valence-electron chi connectivity index (χ1n) is 7.96. The van der Waals surface area contributed by atoms with Crippen molar-refractivity contribution in [3.8, 4) is 5.75 Å². The van der Waals surface area contributed by atoms with Gasteiger partial charge in [-0.2, -0.15) is 0 Å². The Kier molecular flexibility index (Phi) is 5.42. The van der Waals surface area contributed by atoms with Crippen molar-refractivity contribution in [3.63, 3.8) is 0 Å². The third-order valence-corrected chi connectivity index (χ3v) is 3.93. The molecule has 0 aliphatic carbocycles. The molecule has 1 aromatic heterocycles. The van der Waals surface area contributed by atoms with E-state index in [0.29, 0.717) is 37.0 Å². The van der Waals surface area contributed by atoms with E-state index in [4.69, 9.17) is 20.3 Å². The van der Waals surface area contributed by atoms with Crippen molar-refractivity contribution in [2.75, 3.05) is 32.0 Å². The van der Waals surface area contributed by atoms with Crippen LogP contribution in [0.15, 0.2) is 36.7 Å². The van der Waals surface area contributed by atoms with Crippen LogP contribution >= 0.6 is 0 Å². The van der Waals surface area contributed by atoms with E-state index in [1.807, 2.05) is 18.2 Å². The summed E-state index contributed by atoms with van der Waals surface area (Å²) >= 11 is 0. The molecule has 25 heavy (non-hydrogen) atoms. The van der Waals surface area contributed by atoms with Gasteiger partial charge in [0.1, 0.15) is 23.4 Å². The number of nitrogens with two attached hydrogens (primary N) is 1. The molecule has 0 radical (unpaired) electrons. The van der Waals surface area contributed by atoms with Crippen LogP contribution in [0.5, 0.6) is 5.75 Å². The molecule has 2 aromatic rings. The summed E-state index contributed by atoms with van der Waals surface area (Å²) in [5, 5.41) is 8.80. The predicted octanol–water partition coefficient (Wildman–Crippen LogP) is 1.10. The number of hydrogen-bond acceptors (Lipinski definition) is 7. The third-order valence-electron chi connectivity index (χ3n) is 3.93. The van der Waals surface area contributed by atoms with E-state index < -0.39 is 5.97 Å². The van der Waals surface area contributed by atoms with Gasteiger partial charge in [-0.25, -0.2) is 9.78 Å². The molecular weight excluding hydrogens is 324 g/mol. The summed E-state index contributed by atoms with van der Waals surface area (Å²) in [6, 6.07) is 7.43. The molecular formula is C17H20N4O4. The Morgan fingerprint density at radius 2 is 2.16 bits per heavy atom. The van der Waals surface area contributed by atoms with E-state index in [-0.39, 0.29) is 12.7 Å². The molecule has 0 spiro atoms. The van der Waals surface area contributed by atoms with Crippen molar-refractivity contribution in [2.24, 2.45) is 0 Å². The predicted molar refractivity (Wildman–Crippen MR) is 90.0 cm³/mol. The lowest BCUT2D eigenvalue weighted by atomic mass is 10.1. The third kappa shape index (κ3) is 4.43. The molecule has 132 valence electrons. The second kappa shape index (κ2) is 7.91. The van der Waals surface area contributed by atoms with Gasteiger partial charge >= 0.3 is 5.97 Å². The van der Waals surface area contributed by atoms with Gasteiger partial charge in [-0.3, -0.25) is 9.88 Å². The SMILES string of the molecule is Nc1nccnc1[C@@H]1CN(Cc2ccccc2OCC(=O)O)CCO1. The van der Waals surface area contributed by atoms with Crippen LogP contribution in [0, 0.1) is 0 Å². The van der Waals surface area contributed by atoms with Crippen molar-refractivity contribution >= 4 is 11.8 Å². The lowest BCUT2D eigenvalue weighted by Crippen LogP contribution is -2.38. The summed E-state index contributed by atoms with van der Waals surface area (Å²) in [5.41, 5.74) is 7.46. The van der Waals surface area contributed by atoms with Crippen LogP contribution in [-0.4, -0.2) is 52.2 Å². The number of nitrogen functional groups attached to an aromatic ring is 1. The molecule has 8 heteroatoms. The highest BCUT2D eigenvalue weighted by Gasteiger charge is 2.25. The van der Waals surface area contributed by atoms with Crippen LogP contribution in [-0.2, 0) is 16.1 Å². The van der Waals surface area contributed by atoms with Gasteiger partial charge in [0.25, 0.3) is 0 Å². The van der Waals surface area contributed by atoms with E-state index in [0.717, 1.165) is 12.1 Å². The Hall–Kier alpha value is -2.71. The van der Waals surface area contributed by atoms with E-state index in [1.54, 1.807) is 18.5 Å². The Balaban J connectivity index is 1.69. The number of carboxylic acid groups (broad SMARTS) is 1. The molecule has 8 nitrogen and oxygen atoms in total. The highest BCUT2D eigenvalue weighted by molar-refractivity contribution is 5.68. The fraction of sp³-hybridized carbons (Fsp3) is 0.353. The Bertz CT molecular complexity index is 740. The number of carboxylic acids is 1. The number of aromatic nitrogens is 2. The van der Waals surface area contributed by atoms with Gasteiger partial charge in [-0.05, 0) is 6.07 Å². The van der Waals surface area contributed by atoms with Crippen molar-refractivity contribution in [1.29, 1.82) is 0 Å². The second-order valence-corrected chi connectivity index (χ2v) is 5.71. The van der Waals surface area contributed by atoms with Crippen LogP contribution in [0.2, 0.25) is 0 Å². The molecule has 1 saturated heterocycles. The van der Waals surface area contributed by atoms with E-state index in [1.165, 1.54) is 0 Å². The minimum Gasteiger partial charge on any atom is -0.482 e. The highest BCUT2D eigenvalue weighted by Crippen LogP contribution is 2.26. The molecule has 0 amide bonds. The number of carbonyl (C=O) groups is 1. The normalized spacial score (nSPS) is 18.0. The van der Waals surface area contributed by atoms with Crippen molar-refractivity contribution in [3.05, 3.63) is 47.9 Å². The van der Waals surface area contributed by atoms with E-state index in [2.05, 4.69) is 14.9 Å². The Morgan fingerprint density at radius 1 is 1.36 bits per heavy atom. The van der Waals surface area contributed by atoms with Gasteiger partial charge in [-0.1, -0.05) is 18.2 Å². The zero-order valence-electron chi connectivity index (χ0n) is 13.7. The molecule has 1 aromatic carbocycles. The molecule has 0 saturated carbocycles. The van der Waals surface area contributed by atoms with Gasteiger partial charge in [0.05, 0.1) is 6.61 Å². The smallest absolute Gasteiger partial charge is 0.341 e. The number of rotatable bonds is 6. The molecule has 1 fully saturated rings. The number of anilines is 1. The number of ether oxygens (including phenoxy) is 2. The highest BCUT2D eigenvalue weighted by atomic mass is 16.5. The average Bonchev–Trinajstić information content (AvgIpc) is 2.61. The molecule has 3 N–H and O–H groups in total. The molecule has 1 atom stereocenters. The number of nitrogens with zero attached hydrogens (tertiary/aromatic N) is 3. The number of aliphatic carboxylic acids is 1. The number of benzene rings is 1. The van der Waals surface area contributed by atoms with Crippen LogP contribution in [0.1, 0.15) is 17.4 Å². The summed E-state index contributed by atoms with van der Waals surface area (Å²) in [7, 11) is 0. The van der Waals surface area contributed by atoms with Gasteiger partial charge in [0.15, 0.2) is 6.61 Å². The Morgan fingerprint density at radius 3 is 2.96 bits per heavy atom. The zero-order valence-corrected chi connectivity index (χ0v) is 13.7. The van der Waals surface area contributed by atoms with E-state index in [9.17, 15) is 4.79 Å². The summed E-state index contributed by atoms with van der Waals surface area (Å²) in [4.78, 5) is 21.3. The molecule has 1 aliphatic rings. The minimum atomic E-state index is -1.00. The summed E-state index contributed by atoms with van der Waals surface area (Å²) in [6.07, 6.45) is 2.91. The maximum Gasteiger partial charge on any atom is 0.341 e. The first-order valence-corrected chi connectivity index (χ1v) is 7.96. The van der Waals surface area contributed by atoms with Gasteiger partial charge in [-0.15, -0.1) is 0 Å². The summed E-state index contributed by atoms with van der Waals surface area (Å²) in [6.45, 7) is 2.19. The molecule has 0 bridgehead atoms. The van der Waals surface area contributed by atoms with Gasteiger partial charge in [0.2, 0.25) is 0 Å². The van der Waals surface area contributed by atoms with Crippen LogP contribution < -0.4 is 10.5 Å². The first kappa shape index (κ1) is 17.1. The lowest BCUT2D eigenvalue weighted by molar-refractivity contribution is -0.139. The molecule has 0 unspecified atom stereocenters. The van der Waals surface area contributed by atoms with Crippen LogP contribution in [0.3, 0.4) is 0 Å². The number of para-hydroxylation sites is 1. The fourth-order valence-corrected chi connectivity index (χ4v) is 2.77. The maximum absolute atomic E-state index is 10.7. The van der Waals surface area contributed by atoms with Crippen LogP contribution in [0.25, 0.3) is 0 Å². The zero-order chi connectivity index (χ0) is 17.6. The first-order chi connectivity index (χ1) is 12.1. The summed E-state index contributed by atoms with van der Waals surface area (Å²) < 4.78 is 11.2.